The van der Waals surface area contributed by atoms with Crippen LogP contribution in [0.25, 0.3) is 16.7 Å². The van der Waals surface area contributed by atoms with E-state index in [-0.39, 0.29) is 34.4 Å². The van der Waals surface area contributed by atoms with Gasteiger partial charge in [0.25, 0.3) is 11.5 Å². The first-order valence-corrected chi connectivity index (χ1v) is 12.0. The Kier molecular flexibility index (Phi) is 6.52. The number of benzene rings is 2. The number of halogens is 3. The van der Waals surface area contributed by atoms with E-state index in [1.54, 1.807) is 19.1 Å². The zero-order valence-electron chi connectivity index (χ0n) is 20.2. The van der Waals surface area contributed by atoms with Crippen LogP contribution in [0.1, 0.15) is 47.6 Å². The van der Waals surface area contributed by atoms with Gasteiger partial charge in [0.2, 0.25) is 0 Å². The van der Waals surface area contributed by atoms with Crippen LogP contribution in [0.2, 0.25) is 0 Å². The summed E-state index contributed by atoms with van der Waals surface area (Å²) in [6, 6.07) is 7.67. The number of amides is 1. The van der Waals surface area contributed by atoms with Crippen molar-refractivity contribution in [3.05, 3.63) is 98.1 Å². The Morgan fingerprint density at radius 1 is 1.03 bits per heavy atom. The molecule has 1 aliphatic carbocycles. The third kappa shape index (κ3) is 4.44. The van der Waals surface area contributed by atoms with Gasteiger partial charge in [-0.2, -0.15) is 0 Å². The fraction of sp³-hybridized carbons (Fsp3) is 0.259. The zero-order chi connectivity index (χ0) is 27.1. The Labute approximate surface area is 214 Å². The SMILES string of the molecule is Cc1c(O)cccc1C(=O)N[C@H]1CC[C@@H](n2c(=O)c3cc(F)cnc3n(-c3ccc(F)c(F)c3)c2=O)CC1. The smallest absolute Gasteiger partial charge is 0.337 e. The predicted molar refractivity (Wildman–Crippen MR) is 133 cm³/mol. The molecule has 0 aliphatic heterocycles. The first kappa shape index (κ1) is 25.2. The first-order chi connectivity index (χ1) is 18.2. The molecule has 8 nitrogen and oxygen atoms in total. The number of carbonyl (C=O) groups excluding carboxylic acids is 1. The fourth-order valence-electron chi connectivity index (χ4n) is 4.97. The molecule has 0 bridgehead atoms. The predicted octanol–water partition coefficient (Wildman–Crippen LogP) is 3.89. The van der Waals surface area contributed by atoms with E-state index in [0.29, 0.717) is 36.8 Å². The molecule has 0 unspecified atom stereocenters. The van der Waals surface area contributed by atoms with Gasteiger partial charge in [0.05, 0.1) is 17.3 Å². The molecule has 2 heterocycles. The normalized spacial score (nSPS) is 17.5. The number of aromatic nitrogens is 3. The summed E-state index contributed by atoms with van der Waals surface area (Å²) in [7, 11) is 0. The second-order valence-corrected chi connectivity index (χ2v) is 9.34. The Hall–Kier alpha value is -4.41. The molecule has 1 fully saturated rings. The Bertz CT molecular complexity index is 1690. The molecule has 11 heteroatoms. The minimum atomic E-state index is -1.19. The molecule has 0 saturated heterocycles. The summed E-state index contributed by atoms with van der Waals surface area (Å²) in [6.07, 6.45) is 2.44. The van der Waals surface area contributed by atoms with Crippen LogP contribution < -0.4 is 16.6 Å². The lowest BCUT2D eigenvalue weighted by atomic mass is 9.90. The van der Waals surface area contributed by atoms with Gasteiger partial charge in [0, 0.05) is 29.3 Å². The topological polar surface area (TPSA) is 106 Å². The second kappa shape index (κ2) is 9.81. The third-order valence-electron chi connectivity index (χ3n) is 7.00. The molecule has 4 aromatic rings. The van der Waals surface area contributed by atoms with E-state index in [1.165, 1.54) is 12.1 Å². The van der Waals surface area contributed by atoms with Crippen LogP contribution in [0.5, 0.6) is 5.75 Å². The lowest BCUT2D eigenvalue weighted by Gasteiger charge is -2.30. The van der Waals surface area contributed by atoms with E-state index in [2.05, 4.69) is 10.3 Å². The lowest BCUT2D eigenvalue weighted by molar-refractivity contribution is 0.0921. The number of pyridine rings is 1. The number of carbonyl (C=O) groups is 1. The summed E-state index contributed by atoms with van der Waals surface area (Å²) in [5.74, 6) is -3.42. The second-order valence-electron chi connectivity index (χ2n) is 9.34. The molecule has 5 rings (SSSR count). The number of phenolic OH excluding ortho intramolecular Hbond substituents is 1. The number of fused-ring (bicyclic) bond motifs is 1. The highest BCUT2D eigenvalue weighted by Gasteiger charge is 2.28. The number of hydrogen-bond acceptors (Lipinski definition) is 5. The largest absolute Gasteiger partial charge is 0.508 e. The third-order valence-corrected chi connectivity index (χ3v) is 7.00. The van der Waals surface area contributed by atoms with Gasteiger partial charge in [-0.1, -0.05) is 6.07 Å². The number of nitrogens with one attached hydrogen (secondary N) is 1. The Morgan fingerprint density at radius 3 is 2.47 bits per heavy atom. The molecule has 38 heavy (non-hydrogen) atoms. The van der Waals surface area contributed by atoms with Gasteiger partial charge >= 0.3 is 5.69 Å². The maximum Gasteiger partial charge on any atom is 0.337 e. The highest BCUT2D eigenvalue weighted by molar-refractivity contribution is 5.96. The van der Waals surface area contributed by atoms with Crippen molar-refractivity contribution in [1.82, 2.24) is 19.4 Å². The van der Waals surface area contributed by atoms with Crippen LogP contribution in [-0.4, -0.2) is 31.2 Å². The Morgan fingerprint density at radius 2 is 1.76 bits per heavy atom. The number of rotatable bonds is 4. The van der Waals surface area contributed by atoms with Gasteiger partial charge in [-0.3, -0.25) is 14.2 Å². The highest BCUT2D eigenvalue weighted by Crippen LogP contribution is 2.28. The summed E-state index contributed by atoms with van der Waals surface area (Å²) >= 11 is 0. The molecule has 196 valence electrons. The first-order valence-electron chi connectivity index (χ1n) is 12.0. The van der Waals surface area contributed by atoms with Crippen LogP contribution in [0.15, 0.2) is 58.3 Å². The van der Waals surface area contributed by atoms with Crippen LogP contribution >= 0.6 is 0 Å². The zero-order valence-corrected chi connectivity index (χ0v) is 20.2. The number of aromatic hydroxyl groups is 1. The summed E-state index contributed by atoms with van der Waals surface area (Å²) in [6.45, 7) is 1.64. The summed E-state index contributed by atoms with van der Waals surface area (Å²) in [4.78, 5) is 43.6. The maximum absolute atomic E-state index is 14.0. The molecule has 1 saturated carbocycles. The van der Waals surface area contributed by atoms with Gasteiger partial charge in [-0.25, -0.2) is 27.5 Å². The molecular weight excluding hydrogens is 501 g/mol. The van der Waals surface area contributed by atoms with Gasteiger partial charge in [-0.15, -0.1) is 0 Å². The number of phenols is 1. The van der Waals surface area contributed by atoms with Gasteiger partial charge < -0.3 is 10.4 Å². The average Bonchev–Trinajstić information content (AvgIpc) is 2.89. The van der Waals surface area contributed by atoms with Gasteiger partial charge in [0.1, 0.15) is 11.6 Å². The fourth-order valence-corrected chi connectivity index (χ4v) is 4.97. The van der Waals surface area contributed by atoms with Crippen molar-refractivity contribution in [2.45, 2.75) is 44.7 Å². The summed E-state index contributed by atoms with van der Waals surface area (Å²) in [5.41, 5.74) is -0.976. The van der Waals surface area contributed by atoms with Crippen molar-refractivity contribution >= 4 is 16.9 Å². The van der Waals surface area contributed by atoms with Crippen molar-refractivity contribution in [2.75, 3.05) is 0 Å². The molecular formula is C27H23F3N4O4. The quantitative estimate of drug-likeness (QED) is 0.421. The molecule has 2 aromatic carbocycles. The molecule has 2 aromatic heterocycles. The van der Waals surface area contributed by atoms with Crippen LogP contribution in [0.3, 0.4) is 0 Å². The molecule has 1 amide bonds. The molecule has 2 N–H and O–H groups in total. The number of hydrogen-bond donors (Lipinski definition) is 2. The molecule has 0 radical (unpaired) electrons. The summed E-state index contributed by atoms with van der Waals surface area (Å²) in [5, 5.41) is 12.6. The van der Waals surface area contributed by atoms with Crippen molar-refractivity contribution in [1.29, 1.82) is 0 Å². The lowest BCUT2D eigenvalue weighted by Crippen LogP contribution is -2.45. The molecule has 0 spiro atoms. The molecule has 0 atom stereocenters. The van der Waals surface area contributed by atoms with Gasteiger partial charge in [-0.05, 0) is 62.9 Å². The van der Waals surface area contributed by atoms with Crippen molar-refractivity contribution in [3.8, 4) is 11.4 Å². The summed E-state index contributed by atoms with van der Waals surface area (Å²) < 4.78 is 43.6. The van der Waals surface area contributed by atoms with E-state index >= 15 is 0 Å². The van der Waals surface area contributed by atoms with Crippen molar-refractivity contribution in [3.63, 3.8) is 0 Å². The minimum Gasteiger partial charge on any atom is -0.508 e. The maximum atomic E-state index is 14.0. The minimum absolute atomic E-state index is 0.0141. The number of nitrogens with zero attached hydrogens (tertiary/aromatic N) is 3. The average molecular weight is 524 g/mol. The standard InChI is InChI=1S/C27H23F3N4O4/c1-14-19(3-2-4-23(14)35)25(36)32-16-5-7-17(8-6-16)34-26(37)20-11-15(28)13-31-24(20)33(27(34)38)18-9-10-21(29)22(30)12-18/h2-4,9-13,16-17,35H,5-8H2,1H3,(H,32,36)/t16-,17+. The van der Waals surface area contributed by atoms with E-state index in [9.17, 15) is 32.7 Å². The highest BCUT2D eigenvalue weighted by atomic mass is 19.2. The van der Waals surface area contributed by atoms with E-state index in [1.807, 2.05) is 0 Å². The van der Waals surface area contributed by atoms with Crippen molar-refractivity contribution in [2.24, 2.45) is 0 Å². The van der Waals surface area contributed by atoms with Crippen molar-refractivity contribution < 1.29 is 23.1 Å². The van der Waals surface area contributed by atoms with E-state index < -0.39 is 34.7 Å². The van der Waals surface area contributed by atoms with E-state index in [4.69, 9.17) is 0 Å². The van der Waals surface area contributed by atoms with Crippen LogP contribution in [-0.2, 0) is 0 Å². The van der Waals surface area contributed by atoms with Gasteiger partial charge in [0.15, 0.2) is 17.3 Å². The molecule has 1 aliphatic rings. The van der Waals surface area contributed by atoms with Crippen LogP contribution in [0.4, 0.5) is 13.2 Å². The monoisotopic (exact) mass is 524 g/mol. The van der Waals surface area contributed by atoms with Crippen LogP contribution in [0, 0.1) is 24.4 Å². The Balaban J connectivity index is 1.48. The van der Waals surface area contributed by atoms with E-state index in [0.717, 1.165) is 33.5 Å².